The van der Waals surface area contributed by atoms with Crippen LogP contribution < -0.4 is 11.5 Å². The summed E-state index contributed by atoms with van der Waals surface area (Å²) in [5.41, 5.74) is 9.96. The monoisotopic (exact) mass is 132 g/mol. The molecule has 0 aromatic rings. The standard InChI is InChI=1S/C5H12N2O2/c1-2-3-9-5(8)4(6)7/h4H,2-3,6-7H2,1H3. The van der Waals surface area contributed by atoms with Crippen molar-refractivity contribution >= 4 is 5.97 Å². The quantitative estimate of drug-likeness (QED) is 0.388. The van der Waals surface area contributed by atoms with Crippen LogP contribution in [0.15, 0.2) is 0 Å². The van der Waals surface area contributed by atoms with Crippen molar-refractivity contribution in [2.75, 3.05) is 6.61 Å². The van der Waals surface area contributed by atoms with Gasteiger partial charge in [0.1, 0.15) is 0 Å². The smallest absolute Gasteiger partial charge is 0.337 e. The minimum Gasteiger partial charge on any atom is -0.464 e. The number of nitrogens with two attached hydrogens (primary N) is 2. The second kappa shape index (κ2) is 4.29. The van der Waals surface area contributed by atoms with Crippen molar-refractivity contribution in [3.8, 4) is 0 Å². The molecule has 0 spiro atoms. The molecule has 0 aliphatic rings. The molecule has 0 unspecified atom stereocenters. The van der Waals surface area contributed by atoms with E-state index >= 15 is 0 Å². The molecule has 0 aliphatic carbocycles. The molecular formula is C5H12N2O2. The normalized spacial score (nSPS) is 9.78. The van der Waals surface area contributed by atoms with E-state index in [0.29, 0.717) is 6.61 Å². The van der Waals surface area contributed by atoms with E-state index in [9.17, 15) is 4.79 Å². The van der Waals surface area contributed by atoms with Crippen molar-refractivity contribution in [2.24, 2.45) is 11.5 Å². The first kappa shape index (κ1) is 8.39. The lowest BCUT2D eigenvalue weighted by Gasteiger charge is -2.03. The molecule has 0 aliphatic heterocycles. The molecule has 0 saturated heterocycles. The summed E-state index contributed by atoms with van der Waals surface area (Å²) in [4.78, 5) is 10.4. The molecule has 54 valence electrons. The van der Waals surface area contributed by atoms with Gasteiger partial charge in [-0.15, -0.1) is 0 Å². The highest BCUT2D eigenvalue weighted by Crippen LogP contribution is 1.81. The van der Waals surface area contributed by atoms with Gasteiger partial charge in [-0.25, -0.2) is 4.79 Å². The molecule has 0 heterocycles. The topological polar surface area (TPSA) is 78.3 Å². The van der Waals surface area contributed by atoms with Crippen molar-refractivity contribution in [3.63, 3.8) is 0 Å². The van der Waals surface area contributed by atoms with Gasteiger partial charge in [0.15, 0.2) is 6.17 Å². The molecule has 0 saturated carbocycles. The minimum absolute atomic E-state index is 0.393. The fraction of sp³-hybridized carbons (Fsp3) is 0.800. The van der Waals surface area contributed by atoms with E-state index < -0.39 is 12.1 Å². The minimum atomic E-state index is -0.989. The van der Waals surface area contributed by atoms with Crippen molar-refractivity contribution in [1.82, 2.24) is 0 Å². The predicted octanol–water partition coefficient (Wildman–Crippen LogP) is -0.817. The van der Waals surface area contributed by atoms with Gasteiger partial charge in [-0.3, -0.25) is 0 Å². The van der Waals surface area contributed by atoms with Gasteiger partial charge in [-0.05, 0) is 6.42 Å². The Bertz CT molecular complexity index is 93.0. The lowest BCUT2D eigenvalue weighted by atomic mass is 10.5. The van der Waals surface area contributed by atoms with E-state index in [1.54, 1.807) is 0 Å². The first-order chi connectivity index (χ1) is 4.18. The summed E-state index contributed by atoms with van der Waals surface area (Å²) in [5, 5.41) is 0. The Kier molecular flexibility index (Phi) is 4.00. The fourth-order valence-corrected chi connectivity index (χ4v) is 0.299. The number of hydrogen-bond acceptors (Lipinski definition) is 4. The Morgan fingerprint density at radius 3 is 2.56 bits per heavy atom. The van der Waals surface area contributed by atoms with Gasteiger partial charge >= 0.3 is 5.97 Å². The molecule has 0 bridgehead atoms. The lowest BCUT2D eigenvalue weighted by Crippen LogP contribution is -2.40. The van der Waals surface area contributed by atoms with Crippen molar-refractivity contribution < 1.29 is 9.53 Å². The summed E-state index contributed by atoms with van der Waals surface area (Å²) in [5.74, 6) is -0.545. The SMILES string of the molecule is CCCOC(=O)C(N)N. The summed E-state index contributed by atoms with van der Waals surface area (Å²) in [6, 6.07) is 0. The van der Waals surface area contributed by atoms with Crippen LogP contribution in [0.1, 0.15) is 13.3 Å². The molecule has 0 aromatic heterocycles. The third kappa shape index (κ3) is 3.93. The molecule has 0 aromatic carbocycles. The largest absolute Gasteiger partial charge is 0.464 e. The number of ether oxygens (including phenoxy) is 1. The van der Waals surface area contributed by atoms with Crippen molar-refractivity contribution in [1.29, 1.82) is 0 Å². The predicted molar refractivity (Wildman–Crippen MR) is 33.4 cm³/mol. The van der Waals surface area contributed by atoms with Gasteiger partial charge in [-0.1, -0.05) is 6.92 Å². The van der Waals surface area contributed by atoms with Gasteiger partial charge in [-0.2, -0.15) is 0 Å². The van der Waals surface area contributed by atoms with E-state index in [1.807, 2.05) is 6.92 Å². The number of hydrogen-bond donors (Lipinski definition) is 2. The third-order valence-electron chi connectivity index (χ3n) is 0.721. The van der Waals surface area contributed by atoms with E-state index in [-0.39, 0.29) is 0 Å². The first-order valence-electron chi connectivity index (χ1n) is 2.86. The van der Waals surface area contributed by atoms with Crippen LogP contribution in [0.5, 0.6) is 0 Å². The maximum absolute atomic E-state index is 10.4. The van der Waals surface area contributed by atoms with Crippen molar-refractivity contribution in [3.05, 3.63) is 0 Å². The van der Waals surface area contributed by atoms with Gasteiger partial charge in [0.25, 0.3) is 0 Å². The molecule has 0 amide bonds. The Labute approximate surface area is 54.2 Å². The molecule has 0 rings (SSSR count). The number of esters is 1. The molecule has 4 heteroatoms. The zero-order valence-corrected chi connectivity index (χ0v) is 5.46. The number of rotatable bonds is 3. The Morgan fingerprint density at radius 2 is 2.22 bits per heavy atom. The van der Waals surface area contributed by atoms with Crippen molar-refractivity contribution in [2.45, 2.75) is 19.5 Å². The lowest BCUT2D eigenvalue weighted by molar-refractivity contribution is -0.145. The fourth-order valence-electron chi connectivity index (χ4n) is 0.299. The van der Waals surface area contributed by atoms with Crippen LogP contribution in [0.2, 0.25) is 0 Å². The summed E-state index contributed by atoms with van der Waals surface area (Å²) in [7, 11) is 0. The average molecular weight is 132 g/mol. The third-order valence-corrected chi connectivity index (χ3v) is 0.721. The molecule has 0 radical (unpaired) electrons. The van der Waals surface area contributed by atoms with Crippen LogP contribution in [0, 0.1) is 0 Å². The summed E-state index contributed by atoms with van der Waals surface area (Å²) in [6.45, 7) is 2.29. The van der Waals surface area contributed by atoms with Crippen LogP contribution >= 0.6 is 0 Å². The Hall–Kier alpha value is -0.610. The van der Waals surface area contributed by atoms with Crippen LogP contribution in [0.3, 0.4) is 0 Å². The van der Waals surface area contributed by atoms with Crippen LogP contribution in [0.4, 0.5) is 0 Å². The first-order valence-corrected chi connectivity index (χ1v) is 2.86. The highest BCUT2D eigenvalue weighted by atomic mass is 16.5. The molecule has 4 N–H and O–H groups in total. The van der Waals surface area contributed by atoms with Gasteiger partial charge < -0.3 is 16.2 Å². The van der Waals surface area contributed by atoms with E-state index in [1.165, 1.54) is 0 Å². The second-order valence-corrected chi connectivity index (χ2v) is 1.69. The number of carbonyl (C=O) groups excluding carboxylic acids is 1. The van der Waals surface area contributed by atoms with Gasteiger partial charge in [0.2, 0.25) is 0 Å². The zero-order chi connectivity index (χ0) is 7.28. The summed E-state index contributed by atoms with van der Waals surface area (Å²) in [6.07, 6.45) is -0.199. The highest BCUT2D eigenvalue weighted by Gasteiger charge is 2.06. The average Bonchev–Trinajstić information content (AvgIpc) is 1.82. The summed E-state index contributed by atoms with van der Waals surface area (Å²) >= 11 is 0. The Balaban J connectivity index is 3.28. The molecule has 0 atom stereocenters. The maximum Gasteiger partial charge on any atom is 0.337 e. The second-order valence-electron chi connectivity index (χ2n) is 1.69. The Morgan fingerprint density at radius 1 is 1.67 bits per heavy atom. The van der Waals surface area contributed by atoms with Crippen LogP contribution in [-0.4, -0.2) is 18.7 Å². The number of carbonyl (C=O) groups is 1. The van der Waals surface area contributed by atoms with E-state index in [4.69, 9.17) is 11.5 Å². The maximum atomic E-state index is 10.4. The molecule has 4 nitrogen and oxygen atoms in total. The van der Waals surface area contributed by atoms with E-state index in [0.717, 1.165) is 6.42 Å². The summed E-state index contributed by atoms with van der Waals surface area (Å²) < 4.78 is 4.56. The van der Waals surface area contributed by atoms with Crippen LogP contribution in [0.25, 0.3) is 0 Å². The highest BCUT2D eigenvalue weighted by molar-refractivity contribution is 5.74. The van der Waals surface area contributed by atoms with Crippen LogP contribution in [-0.2, 0) is 9.53 Å². The molecular weight excluding hydrogens is 120 g/mol. The zero-order valence-electron chi connectivity index (χ0n) is 5.46. The molecule has 9 heavy (non-hydrogen) atoms. The van der Waals surface area contributed by atoms with E-state index in [2.05, 4.69) is 4.74 Å². The van der Waals surface area contributed by atoms with Gasteiger partial charge in [0, 0.05) is 0 Å². The van der Waals surface area contributed by atoms with Gasteiger partial charge in [0.05, 0.1) is 6.61 Å². The molecule has 0 fully saturated rings.